The number of hydrogen-bond acceptors (Lipinski definition) is 3. The molecule has 0 saturated heterocycles. The fourth-order valence-electron chi connectivity index (χ4n) is 2.82. The Labute approximate surface area is 155 Å². The fourth-order valence-corrected chi connectivity index (χ4v) is 3.24. The quantitative estimate of drug-likeness (QED) is 0.636. The second-order valence-corrected chi connectivity index (χ2v) is 6.61. The van der Waals surface area contributed by atoms with Gasteiger partial charge in [0.05, 0.1) is 23.7 Å². The van der Waals surface area contributed by atoms with Crippen molar-refractivity contribution in [2.45, 2.75) is 19.9 Å². The first-order valence-electron chi connectivity index (χ1n) is 8.14. The van der Waals surface area contributed by atoms with Crippen LogP contribution in [0.5, 0.6) is 5.75 Å². The zero-order chi connectivity index (χ0) is 17.8. The van der Waals surface area contributed by atoms with Gasteiger partial charge in [0, 0.05) is 17.6 Å². The molecule has 2 aromatic carbocycles. The molecular weight excluding hydrogens is 382 g/mol. The number of aromatic nitrogens is 2. The molecule has 1 amide bonds. The molecule has 0 unspecified atom stereocenters. The van der Waals surface area contributed by atoms with Gasteiger partial charge in [-0.15, -0.1) is 0 Å². The number of imidazole rings is 1. The van der Waals surface area contributed by atoms with E-state index >= 15 is 0 Å². The number of fused-ring (bicyclic) bond motifs is 1. The molecule has 0 spiro atoms. The van der Waals surface area contributed by atoms with Gasteiger partial charge in [-0.1, -0.05) is 12.1 Å². The lowest BCUT2D eigenvalue weighted by Gasteiger charge is -2.10. The van der Waals surface area contributed by atoms with E-state index < -0.39 is 0 Å². The van der Waals surface area contributed by atoms with Gasteiger partial charge >= 0.3 is 0 Å². The first-order chi connectivity index (χ1) is 12.1. The normalized spacial score (nSPS) is 10.8. The van der Waals surface area contributed by atoms with E-state index in [0.717, 1.165) is 34.3 Å². The molecule has 25 heavy (non-hydrogen) atoms. The van der Waals surface area contributed by atoms with Crippen LogP contribution in [0.25, 0.3) is 11.0 Å². The predicted molar refractivity (Wildman–Crippen MR) is 102 cm³/mol. The maximum Gasteiger partial charge on any atom is 0.252 e. The van der Waals surface area contributed by atoms with E-state index in [1.807, 2.05) is 37.3 Å². The van der Waals surface area contributed by atoms with Crippen LogP contribution in [0.1, 0.15) is 22.6 Å². The average molecular weight is 402 g/mol. The maximum absolute atomic E-state index is 12.4. The Bertz CT molecular complexity index is 905. The number of para-hydroxylation sites is 2. The van der Waals surface area contributed by atoms with Crippen molar-refractivity contribution in [1.29, 1.82) is 0 Å². The van der Waals surface area contributed by atoms with Gasteiger partial charge in [-0.25, -0.2) is 4.98 Å². The SMILES string of the molecule is COc1ccc(Br)c(C(=O)NCCCn2c(C)nc3ccccc32)c1. The molecule has 1 heterocycles. The largest absolute Gasteiger partial charge is 0.497 e. The Morgan fingerprint density at radius 3 is 2.88 bits per heavy atom. The van der Waals surface area contributed by atoms with Crippen LogP contribution >= 0.6 is 15.9 Å². The average Bonchev–Trinajstić information content (AvgIpc) is 2.94. The van der Waals surface area contributed by atoms with Gasteiger partial charge in [0.1, 0.15) is 11.6 Å². The van der Waals surface area contributed by atoms with Crippen LogP contribution in [0.2, 0.25) is 0 Å². The number of nitrogens with zero attached hydrogens (tertiary/aromatic N) is 2. The third-order valence-electron chi connectivity index (χ3n) is 4.11. The first kappa shape index (κ1) is 17.5. The molecule has 0 radical (unpaired) electrons. The van der Waals surface area contributed by atoms with Crippen LogP contribution < -0.4 is 10.1 Å². The number of ether oxygens (including phenoxy) is 1. The summed E-state index contributed by atoms with van der Waals surface area (Å²) in [4.78, 5) is 16.9. The van der Waals surface area contributed by atoms with E-state index in [9.17, 15) is 4.79 Å². The number of carbonyl (C=O) groups is 1. The van der Waals surface area contributed by atoms with Gasteiger partial charge < -0.3 is 14.6 Å². The summed E-state index contributed by atoms with van der Waals surface area (Å²) in [6.45, 7) is 3.41. The Hall–Kier alpha value is -2.34. The Kier molecular flexibility index (Phi) is 5.38. The zero-order valence-electron chi connectivity index (χ0n) is 14.3. The van der Waals surface area contributed by atoms with Gasteiger partial charge in [-0.3, -0.25) is 4.79 Å². The lowest BCUT2D eigenvalue weighted by Crippen LogP contribution is -2.25. The van der Waals surface area contributed by atoms with E-state index in [1.165, 1.54) is 0 Å². The number of carbonyl (C=O) groups excluding carboxylic acids is 1. The monoisotopic (exact) mass is 401 g/mol. The number of aryl methyl sites for hydroxylation is 2. The molecule has 0 aliphatic carbocycles. The summed E-state index contributed by atoms with van der Waals surface area (Å²) >= 11 is 3.41. The third-order valence-corrected chi connectivity index (χ3v) is 4.80. The number of hydrogen-bond donors (Lipinski definition) is 1. The predicted octanol–water partition coefficient (Wildman–Crippen LogP) is 3.94. The van der Waals surface area contributed by atoms with E-state index in [0.29, 0.717) is 17.9 Å². The standard InChI is InChI=1S/C19H20BrN3O2/c1-13-22-17-6-3-4-7-18(17)23(13)11-5-10-21-19(24)15-12-14(25-2)8-9-16(15)20/h3-4,6-9,12H,5,10-11H2,1-2H3,(H,21,24). The van der Waals surface area contributed by atoms with Gasteiger partial charge in [-0.05, 0) is 59.6 Å². The lowest BCUT2D eigenvalue weighted by molar-refractivity contribution is 0.0951. The smallest absolute Gasteiger partial charge is 0.252 e. The highest BCUT2D eigenvalue weighted by molar-refractivity contribution is 9.10. The number of nitrogens with one attached hydrogen (secondary N) is 1. The Morgan fingerprint density at radius 2 is 2.08 bits per heavy atom. The van der Waals surface area contributed by atoms with Crippen molar-refractivity contribution in [1.82, 2.24) is 14.9 Å². The topological polar surface area (TPSA) is 56.1 Å². The number of halogens is 1. The highest BCUT2D eigenvalue weighted by Crippen LogP contribution is 2.22. The Morgan fingerprint density at radius 1 is 1.28 bits per heavy atom. The molecule has 0 aliphatic rings. The molecule has 0 atom stereocenters. The van der Waals surface area contributed by atoms with Crippen LogP contribution in [-0.2, 0) is 6.54 Å². The second-order valence-electron chi connectivity index (χ2n) is 5.75. The van der Waals surface area contributed by atoms with Gasteiger partial charge in [0.2, 0.25) is 0 Å². The molecule has 6 heteroatoms. The van der Waals surface area contributed by atoms with E-state index in [4.69, 9.17) is 4.74 Å². The summed E-state index contributed by atoms with van der Waals surface area (Å²) < 4.78 is 8.11. The summed E-state index contributed by atoms with van der Waals surface area (Å²) in [5.41, 5.74) is 2.70. The lowest BCUT2D eigenvalue weighted by atomic mass is 10.2. The molecular formula is C19H20BrN3O2. The molecule has 130 valence electrons. The van der Waals surface area contributed by atoms with Crippen LogP contribution in [0.3, 0.4) is 0 Å². The fraction of sp³-hybridized carbons (Fsp3) is 0.263. The van der Waals surface area contributed by atoms with Crippen molar-refractivity contribution in [2.24, 2.45) is 0 Å². The second kappa shape index (κ2) is 7.70. The summed E-state index contributed by atoms with van der Waals surface area (Å²) in [6.07, 6.45) is 0.828. The van der Waals surface area contributed by atoms with Crippen LogP contribution in [0.15, 0.2) is 46.9 Å². The van der Waals surface area contributed by atoms with Crippen LogP contribution in [-0.4, -0.2) is 29.1 Å². The van der Waals surface area contributed by atoms with E-state index in [2.05, 4.69) is 36.9 Å². The van der Waals surface area contributed by atoms with Crippen molar-refractivity contribution < 1.29 is 9.53 Å². The van der Waals surface area contributed by atoms with E-state index in [-0.39, 0.29) is 5.91 Å². The summed E-state index contributed by atoms with van der Waals surface area (Å²) in [6, 6.07) is 13.4. The van der Waals surface area contributed by atoms with Crippen LogP contribution in [0, 0.1) is 6.92 Å². The number of benzene rings is 2. The minimum Gasteiger partial charge on any atom is -0.497 e. The van der Waals surface area contributed by atoms with Crippen molar-refractivity contribution in [3.8, 4) is 5.75 Å². The number of amides is 1. The van der Waals surface area contributed by atoms with Crippen molar-refractivity contribution in [2.75, 3.05) is 13.7 Å². The molecule has 0 aliphatic heterocycles. The highest BCUT2D eigenvalue weighted by atomic mass is 79.9. The van der Waals surface area contributed by atoms with Crippen LogP contribution in [0.4, 0.5) is 0 Å². The molecule has 3 aromatic rings. The first-order valence-corrected chi connectivity index (χ1v) is 8.93. The molecule has 3 rings (SSSR count). The summed E-state index contributed by atoms with van der Waals surface area (Å²) in [7, 11) is 1.59. The molecule has 0 saturated carbocycles. The van der Waals surface area contributed by atoms with Crippen molar-refractivity contribution in [3.63, 3.8) is 0 Å². The molecule has 5 nitrogen and oxygen atoms in total. The van der Waals surface area contributed by atoms with Gasteiger partial charge in [0.15, 0.2) is 0 Å². The number of rotatable bonds is 6. The third kappa shape index (κ3) is 3.85. The minimum atomic E-state index is -0.113. The Balaban J connectivity index is 1.60. The number of methoxy groups -OCH3 is 1. The molecule has 0 bridgehead atoms. The van der Waals surface area contributed by atoms with E-state index in [1.54, 1.807) is 13.2 Å². The zero-order valence-corrected chi connectivity index (χ0v) is 15.8. The summed E-state index contributed by atoms with van der Waals surface area (Å²) in [5.74, 6) is 1.54. The van der Waals surface area contributed by atoms with Gasteiger partial charge in [-0.2, -0.15) is 0 Å². The molecule has 0 fully saturated rings. The molecule has 1 aromatic heterocycles. The maximum atomic E-state index is 12.4. The van der Waals surface area contributed by atoms with Crippen molar-refractivity contribution in [3.05, 3.63) is 58.3 Å². The highest BCUT2D eigenvalue weighted by Gasteiger charge is 2.11. The molecule has 1 N–H and O–H groups in total. The minimum absolute atomic E-state index is 0.113. The van der Waals surface area contributed by atoms with Gasteiger partial charge in [0.25, 0.3) is 5.91 Å². The summed E-state index contributed by atoms with van der Waals surface area (Å²) in [5, 5.41) is 2.96. The van der Waals surface area contributed by atoms with Crippen molar-refractivity contribution >= 4 is 32.9 Å².